The molecule has 7 heteroatoms. The van der Waals surface area contributed by atoms with E-state index in [0.717, 1.165) is 22.5 Å². The summed E-state index contributed by atoms with van der Waals surface area (Å²) in [5, 5.41) is 5.52. The molecule has 0 saturated carbocycles. The number of amides is 2. The first kappa shape index (κ1) is 21.2. The Labute approximate surface area is 185 Å². The summed E-state index contributed by atoms with van der Waals surface area (Å²) in [5.74, 6) is -0.000477. The number of nitrogens with one attached hydrogen (secondary N) is 2. The maximum Gasteiger partial charge on any atom is 0.251 e. The van der Waals surface area contributed by atoms with Gasteiger partial charge in [-0.15, -0.1) is 0 Å². The number of rotatable bonds is 7. The number of imidazole rings is 1. The Morgan fingerprint density at radius 1 is 0.938 bits per heavy atom. The summed E-state index contributed by atoms with van der Waals surface area (Å²) in [6.45, 7) is 2.49. The Balaban J connectivity index is 1.33. The maximum atomic E-state index is 13.2. The number of halogens is 1. The van der Waals surface area contributed by atoms with Crippen molar-refractivity contribution in [3.05, 3.63) is 95.6 Å². The van der Waals surface area contributed by atoms with Crippen molar-refractivity contribution in [3.8, 4) is 5.69 Å². The van der Waals surface area contributed by atoms with Crippen LogP contribution in [-0.2, 0) is 11.2 Å². The second-order valence-electron chi connectivity index (χ2n) is 7.45. The first-order chi connectivity index (χ1) is 15.5. The van der Waals surface area contributed by atoms with Crippen LogP contribution in [0.3, 0.4) is 0 Å². The number of aryl methyl sites for hydroxylation is 1. The van der Waals surface area contributed by atoms with Crippen LogP contribution in [-0.4, -0.2) is 34.5 Å². The van der Waals surface area contributed by atoms with Crippen molar-refractivity contribution in [2.45, 2.75) is 13.3 Å². The number of hydrogen-bond donors (Lipinski definition) is 2. The standard InChI is InChI=1S/C25H23FN4O2/c1-17-29-22-16-19(10-11-23(22)30(17)21-8-3-2-4-9-21)25(32)28-13-12-27-24(31)15-18-6-5-7-20(26)14-18/h2-11,14,16H,12-13,15H2,1H3,(H,27,31)(H,28,32). The van der Waals surface area contributed by atoms with Crippen molar-refractivity contribution in [2.75, 3.05) is 13.1 Å². The molecule has 0 spiro atoms. The molecule has 0 bridgehead atoms. The molecule has 0 aliphatic rings. The first-order valence-corrected chi connectivity index (χ1v) is 10.3. The van der Waals surface area contributed by atoms with Crippen molar-refractivity contribution >= 4 is 22.8 Å². The molecule has 0 unspecified atom stereocenters. The Morgan fingerprint density at radius 2 is 1.72 bits per heavy atom. The van der Waals surface area contributed by atoms with Crippen LogP contribution in [0.15, 0.2) is 72.8 Å². The Kier molecular flexibility index (Phi) is 6.26. The fourth-order valence-electron chi connectivity index (χ4n) is 3.62. The van der Waals surface area contributed by atoms with Crippen LogP contribution in [0, 0.1) is 12.7 Å². The molecule has 32 heavy (non-hydrogen) atoms. The summed E-state index contributed by atoms with van der Waals surface area (Å²) in [5.41, 5.74) is 3.78. The van der Waals surface area contributed by atoms with Gasteiger partial charge in [0, 0.05) is 24.3 Å². The van der Waals surface area contributed by atoms with Crippen LogP contribution < -0.4 is 10.6 Å². The van der Waals surface area contributed by atoms with Crippen molar-refractivity contribution < 1.29 is 14.0 Å². The van der Waals surface area contributed by atoms with E-state index in [4.69, 9.17) is 0 Å². The zero-order chi connectivity index (χ0) is 22.5. The van der Waals surface area contributed by atoms with Gasteiger partial charge in [-0.05, 0) is 55.0 Å². The molecule has 162 valence electrons. The molecule has 6 nitrogen and oxygen atoms in total. The van der Waals surface area contributed by atoms with E-state index < -0.39 is 0 Å². The molecule has 3 aromatic carbocycles. The normalized spacial score (nSPS) is 10.8. The molecule has 2 amide bonds. The monoisotopic (exact) mass is 430 g/mol. The zero-order valence-electron chi connectivity index (χ0n) is 17.6. The predicted octanol–water partition coefficient (Wildman–Crippen LogP) is 3.56. The van der Waals surface area contributed by atoms with Gasteiger partial charge in [0.1, 0.15) is 11.6 Å². The molecule has 0 radical (unpaired) electrons. The third kappa shape index (κ3) is 4.83. The van der Waals surface area contributed by atoms with Crippen molar-refractivity contribution in [1.29, 1.82) is 0 Å². The minimum Gasteiger partial charge on any atom is -0.354 e. The molecule has 0 fully saturated rings. The van der Waals surface area contributed by atoms with Gasteiger partial charge in [0.2, 0.25) is 5.91 Å². The molecule has 2 N–H and O–H groups in total. The zero-order valence-corrected chi connectivity index (χ0v) is 17.6. The lowest BCUT2D eigenvalue weighted by Crippen LogP contribution is -2.35. The van der Waals surface area contributed by atoms with Crippen LogP contribution in [0.2, 0.25) is 0 Å². The van der Waals surface area contributed by atoms with E-state index in [1.807, 2.05) is 47.9 Å². The number of nitrogens with zero attached hydrogens (tertiary/aromatic N) is 2. The number of hydrogen-bond acceptors (Lipinski definition) is 3. The lowest BCUT2D eigenvalue weighted by atomic mass is 10.1. The van der Waals surface area contributed by atoms with E-state index in [1.54, 1.807) is 24.3 Å². The molecule has 1 heterocycles. The van der Waals surface area contributed by atoms with Gasteiger partial charge in [-0.25, -0.2) is 9.37 Å². The number of para-hydroxylation sites is 1. The second kappa shape index (κ2) is 9.43. The molecule has 0 atom stereocenters. The van der Waals surface area contributed by atoms with Crippen LogP contribution in [0.1, 0.15) is 21.7 Å². The summed E-state index contributed by atoms with van der Waals surface area (Å²) in [7, 11) is 0. The third-order valence-corrected chi connectivity index (χ3v) is 5.09. The van der Waals surface area contributed by atoms with Crippen molar-refractivity contribution in [1.82, 2.24) is 20.2 Å². The predicted molar refractivity (Wildman–Crippen MR) is 121 cm³/mol. The molecule has 1 aromatic heterocycles. The molecule has 0 aliphatic carbocycles. The largest absolute Gasteiger partial charge is 0.354 e. The van der Waals surface area contributed by atoms with Crippen molar-refractivity contribution in [3.63, 3.8) is 0 Å². The second-order valence-corrected chi connectivity index (χ2v) is 7.45. The molecular weight excluding hydrogens is 407 g/mol. The van der Waals surface area contributed by atoms with Crippen LogP contribution in [0.25, 0.3) is 16.7 Å². The Hall–Kier alpha value is -4.00. The number of aromatic nitrogens is 2. The van der Waals surface area contributed by atoms with Crippen LogP contribution in [0.5, 0.6) is 0 Å². The van der Waals surface area contributed by atoms with Gasteiger partial charge in [-0.2, -0.15) is 0 Å². The van der Waals surface area contributed by atoms with Gasteiger partial charge >= 0.3 is 0 Å². The first-order valence-electron chi connectivity index (χ1n) is 10.3. The minimum absolute atomic E-state index is 0.0891. The highest BCUT2D eigenvalue weighted by atomic mass is 19.1. The van der Waals surface area contributed by atoms with E-state index in [9.17, 15) is 14.0 Å². The summed E-state index contributed by atoms with van der Waals surface area (Å²) in [4.78, 5) is 29.1. The highest BCUT2D eigenvalue weighted by Gasteiger charge is 2.12. The molecule has 4 rings (SSSR count). The smallest absolute Gasteiger partial charge is 0.251 e. The van der Waals surface area contributed by atoms with Gasteiger partial charge < -0.3 is 10.6 Å². The summed E-state index contributed by atoms with van der Waals surface area (Å²) in [6, 6.07) is 21.3. The number of carbonyl (C=O) groups excluding carboxylic acids is 2. The summed E-state index contributed by atoms with van der Waals surface area (Å²) >= 11 is 0. The maximum absolute atomic E-state index is 13.2. The minimum atomic E-state index is -0.372. The fraction of sp³-hybridized carbons (Fsp3) is 0.160. The topological polar surface area (TPSA) is 76.0 Å². The summed E-state index contributed by atoms with van der Waals surface area (Å²) in [6.07, 6.45) is 0.0891. The van der Waals surface area contributed by atoms with Crippen LogP contribution in [0.4, 0.5) is 4.39 Å². The van der Waals surface area contributed by atoms with Crippen molar-refractivity contribution in [2.24, 2.45) is 0 Å². The molecule has 4 aromatic rings. The van der Waals surface area contributed by atoms with E-state index in [1.165, 1.54) is 12.1 Å². The highest BCUT2D eigenvalue weighted by Crippen LogP contribution is 2.22. The fourth-order valence-corrected chi connectivity index (χ4v) is 3.62. The average Bonchev–Trinajstić information content (AvgIpc) is 3.12. The van der Waals surface area contributed by atoms with E-state index in [0.29, 0.717) is 11.1 Å². The summed E-state index contributed by atoms with van der Waals surface area (Å²) < 4.78 is 15.2. The average molecular weight is 430 g/mol. The quantitative estimate of drug-likeness (QED) is 0.440. The molecular formula is C25H23FN4O2. The number of carbonyl (C=O) groups is 2. The molecule has 0 saturated heterocycles. The number of fused-ring (bicyclic) bond motifs is 1. The van der Waals surface area contributed by atoms with Crippen LogP contribution >= 0.6 is 0 Å². The van der Waals surface area contributed by atoms with E-state index >= 15 is 0 Å². The third-order valence-electron chi connectivity index (χ3n) is 5.09. The lowest BCUT2D eigenvalue weighted by molar-refractivity contribution is -0.120. The van der Waals surface area contributed by atoms with Gasteiger partial charge in [0.15, 0.2) is 0 Å². The highest BCUT2D eigenvalue weighted by molar-refractivity contribution is 5.97. The van der Waals surface area contributed by atoms with Gasteiger partial charge in [-0.3, -0.25) is 14.2 Å². The number of benzene rings is 3. The van der Waals surface area contributed by atoms with Gasteiger partial charge in [0.05, 0.1) is 17.5 Å². The van der Waals surface area contributed by atoms with E-state index in [-0.39, 0.29) is 37.1 Å². The SMILES string of the molecule is Cc1nc2cc(C(=O)NCCNC(=O)Cc3cccc(F)c3)ccc2n1-c1ccccc1. The Morgan fingerprint density at radius 3 is 2.50 bits per heavy atom. The molecule has 0 aliphatic heterocycles. The van der Waals surface area contributed by atoms with Gasteiger partial charge in [-0.1, -0.05) is 30.3 Å². The Bertz CT molecular complexity index is 1270. The van der Waals surface area contributed by atoms with E-state index in [2.05, 4.69) is 15.6 Å². The van der Waals surface area contributed by atoms with Gasteiger partial charge in [0.25, 0.3) is 5.91 Å². The lowest BCUT2D eigenvalue weighted by Gasteiger charge is -2.08.